The molecule has 1 amide bonds. The van der Waals surface area contributed by atoms with Gasteiger partial charge in [-0.3, -0.25) is 4.98 Å². The maximum absolute atomic E-state index is 12.0. The number of carbonyl (C=O) groups is 1. The minimum Gasteiger partial charge on any atom is -0.444 e. The number of aromatic nitrogens is 2. The second kappa shape index (κ2) is 7.17. The first-order valence-corrected chi connectivity index (χ1v) is 8.33. The Morgan fingerprint density at radius 2 is 2.00 bits per heavy atom. The van der Waals surface area contributed by atoms with Crippen LogP contribution in [0.25, 0.3) is 11.3 Å². The topological polar surface area (TPSA) is 90.1 Å². The van der Waals surface area contributed by atoms with Crippen molar-refractivity contribution in [1.82, 2.24) is 15.3 Å². The third-order valence-electron chi connectivity index (χ3n) is 3.09. The Bertz CT molecular complexity index is 726. The molecule has 1 atom stereocenters. The summed E-state index contributed by atoms with van der Waals surface area (Å²) in [6.45, 7) is 7.27. The van der Waals surface area contributed by atoms with Gasteiger partial charge in [0.1, 0.15) is 11.4 Å². The number of hydrogen-bond acceptors (Lipinski definition) is 5. The SMILES string of the molecule is C[C@H](NC(=O)OC(C)(C)C)c1nc(N)ccc1-c1ccc(Br)cn1. The molecule has 6 nitrogen and oxygen atoms in total. The van der Waals surface area contributed by atoms with E-state index in [0.717, 1.165) is 15.7 Å². The van der Waals surface area contributed by atoms with Crippen molar-refractivity contribution >= 4 is 27.8 Å². The lowest BCUT2D eigenvalue weighted by molar-refractivity contribution is 0.0507. The molecule has 2 rings (SSSR count). The molecule has 3 N–H and O–H groups in total. The highest BCUT2D eigenvalue weighted by atomic mass is 79.9. The molecular weight excluding hydrogens is 372 g/mol. The lowest BCUT2D eigenvalue weighted by Gasteiger charge is -2.22. The molecule has 128 valence electrons. The lowest BCUT2D eigenvalue weighted by Crippen LogP contribution is -2.34. The zero-order valence-electron chi connectivity index (χ0n) is 14.1. The van der Waals surface area contributed by atoms with Crippen LogP contribution in [0.5, 0.6) is 0 Å². The van der Waals surface area contributed by atoms with E-state index < -0.39 is 11.7 Å². The van der Waals surface area contributed by atoms with Crippen LogP contribution in [-0.2, 0) is 4.74 Å². The van der Waals surface area contributed by atoms with Crippen LogP contribution in [0.15, 0.2) is 34.9 Å². The maximum atomic E-state index is 12.0. The van der Waals surface area contributed by atoms with Crippen LogP contribution in [0.3, 0.4) is 0 Å². The summed E-state index contributed by atoms with van der Waals surface area (Å²) in [6.07, 6.45) is 1.20. The summed E-state index contributed by atoms with van der Waals surface area (Å²) in [5, 5.41) is 2.79. The summed E-state index contributed by atoms with van der Waals surface area (Å²) in [5.74, 6) is 0.378. The van der Waals surface area contributed by atoms with Crippen molar-refractivity contribution in [3.8, 4) is 11.3 Å². The van der Waals surface area contributed by atoms with Gasteiger partial charge in [0.05, 0.1) is 17.4 Å². The molecule has 0 saturated carbocycles. The molecule has 2 aromatic heterocycles. The molecular formula is C17H21BrN4O2. The largest absolute Gasteiger partial charge is 0.444 e. The number of nitrogens with two attached hydrogens (primary N) is 1. The molecule has 0 spiro atoms. The number of anilines is 1. The number of alkyl carbamates (subject to hydrolysis) is 1. The zero-order chi connectivity index (χ0) is 17.9. The zero-order valence-corrected chi connectivity index (χ0v) is 15.7. The number of carbonyl (C=O) groups excluding carboxylic acids is 1. The van der Waals surface area contributed by atoms with Crippen molar-refractivity contribution in [3.63, 3.8) is 0 Å². The van der Waals surface area contributed by atoms with Gasteiger partial charge in [-0.15, -0.1) is 0 Å². The van der Waals surface area contributed by atoms with Gasteiger partial charge in [0.15, 0.2) is 0 Å². The third-order valence-corrected chi connectivity index (χ3v) is 3.56. The van der Waals surface area contributed by atoms with Crippen LogP contribution < -0.4 is 11.1 Å². The molecule has 0 aromatic carbocycles. The van der Waals surface area contributed by atoms with Gasteiger partial charge < -0.3 is 15.8 Å². The van der Waals surface area contributed by atoms with Gasteiger partial charge in [0, 0.05) is 16.2 Å². The maximum Gasteiger partial charge on any atom is 0.408 e. The van der Waals surface area contributed by atoms with E-state index in [1.807, 2.05) is 45.9 Å². The smallest absolute Gasteiger partial charge is 0.408 e. The first-order valence-electron chi connectivity index (χ1n) is 7.53. The first kappa shape index (κ1) is 18.2. The van der Waals surface area contributed by atoms with Crippen molar-refractivity contribution in [2.45, 2.75) is 39.3 Å². The van der Waals surface area contributed by atoms with Crippen LogP contribution in [-0.4, -0.2) is 21.7 Å². The van der Waals surface area contributed by atoms with Crippen LogP contribution >= 0.6 is 15.9 Å². The molecule has 0 saturated heterocycles. The van der Waals surface area contributed by atoms with E-state index in [-0.39, 0.29) is 6.04 Å². The Balaban J connectivity index is 2.30. The van der Waals surface area contributed by atoms with Crippen LogP contribution in [0.1, 0.15) is 39.4 Å². The molecule has 7 heteroatoms. The predicted molar refractivity (Wildman–Crippen MR) is 97.4 cm³/mol. The molecule has 0 aliphatic heterocycles. The van der Waals surface area contributed by atoms with Gasteiger partial charge in [0.25, 0.3) is 0 Å². The number of hydrogen-bond donors (Lipinski definition) is 2. The lowest BCUT2D eigenvalue weighted by atomic mass is 10.0. The van der Waals surface area contributed by atoms with Gasteiger partial charge in [-0.2, -0.15) is 0 Å². The Morgan fingerprint density at radius 3 is 2.58 bits per heavy atom. The van der Waals surface area contributed by atoms with Gasteiger partial charge in [-0.05, 0) is 67.9 Å². The van der Waals surface area contributed by atoms with Gasteiger partial charge in [0.2, 0.25) is 0 Å². The minimum absolute atomic E-state index is 0.378. The molecule has 0 aliphatic rings. The van der Waals surface area contributed by atoms with Crippen LogP contribution in [0.2, 0.25) is 0 Å². The highest BCUT2D eigenvalue weighted by Crippen LogP contribution is 2.27. The normalized spacial score (nSPS) is 12.5. The number of nitrogens with one attached hydrogen (secondary N) is 1. The van der Waals surface area contributed by atoms with Crippen LogP contribution in [0, 0.1) is 0 Å². The van der Waals surface area contributed by atoms with Crippen molar-refractivity contribution in [1.29, 1.82) is 0 Å². The van der Waals surface area contributed by atoms with Crippen molar-refractivity contribution in [3.05, 3.63) is 40.6 Å². The number of nitrogen functional groups attached to an aromatic ring is 1. The van der Waals surface area contributed by atoms with Gasteiger partial charge in [-0.1, -0.05) is 0 Å². The molecule has 0 unspecified atom stereocenters. The van der Waals surface area contributed by atoms with E-state index in [4.69, 9.17) is 10.5 Å². The summed E-state index contributed by atoms with van der Waals surface area (Å²) >= 11 is 3.37. The summed E-state index contributed by atoms with van der Waals surface area (Å²) in [7, 11) is 0. The predicted octanol–water partition coefficient (Wildman–Crippen LogP) is 4.07. The quantitative estimate of drug-likeness (QED) is 0.820. The third kappa shape index (κ3) is 4.92. The highest BCUT2D eigenvalue weighted by Gasteiger charge is 2.21. The molecule has 0 aliphatic carbocycles. The van der Waals surface area contributed by atoms with E-state index in [0.29, 0.717) is 11.5 Å². The Labute approximate surface area is 150 Å². The summed E-state index contributed by atoms with van der Waals surface area (Å²) in [5.41, 5.74) is 7.44. The Hall–Kier alpha value is -2.15. The van der Waals surface area contributed by atoms with E-state index in [1.165, 1.54) is 0 Å². The Morgan fingerprint density at radius 1 is 1.29 bits per heavy atom. The second-order valence-electron chi connectivity index (χ2n) is 6.40. The first-order chi connectivity index (χ1) is 11.2. The number of nitrogens with zero attached hydrogens (tertiary/aromatic N) is 2. The minimum atomic E-state index is -0.566. The average Bonchev–Trinajstić information content (AvgIpc) is 2.46. The number of ether oxygens (including phenoxy) is 1. The van der Waals surface area contributed by atoms with Crippen LogP contribution in [0.4, 0.5) is 10.6 Å². The fraction of sp³-hybridized carbons (Fsp3) is 0.353. The van der Waals surface area contributed by atoms with Crippen molar-refractivity contribution in [2.75, 3.05) is 5.73 Å². The summed E-state index contributed by atoms with van der Waals surface area (Å²) < 4.78 is 6.18. The van der Waals surface area contributed by atoms with Crippen molar-refractivity contribution < 1.29 is 9.53 Å². The summed E-state index contributed by atoms with van der Waals surface area (Å²) in [4.78, 5) is 20.8. The average molecular weight is 393 g/mol. The van der Waals surface area contributed by atoms with Gasteiger partial charge >= 0.3 is 6.09 Å². The Kier molecular flexibility index (Phi) is 5.43. The second-order valence-corrected chi connectivity index (χ2v) is 7.31. The van der Waals surface area contributed by atoms with Gasteiger partial charge in [-0.25, -0.2) is 9.78 Å². The number of halogens is 1. The standard InChI is InChI=1S/C17H21BrN4O2/c1-10(21-16(23)24-17(2,3)4)15-12(6-8-14(19)22-15)13-7-5-11(18)9-20-13/h5-10H,1-4H3,(H2,19,22)(H,21,23)/t10-/m0/s1. The molecule has 24 heavy (non-hydrogen) atoms. The molecule has 0 bridgehead atoms. The molecule has 2 aromatic rings. The van der Waals surface area contributed by atoms with E-state index in [1.54, 1.807) is 12.3 Å². The molecule has 0 fully saturated rings. The van der Waals surface area contributed by atoms with E-state index in [9.17, 15) is 4.79 Å². The highest BCUT2D eigenvalue weighted by molar-refractivity contribution is 9.10. The fourth-order valence-corrected chi connectivity index (χ4v) is 2.36. The summed E-state index contributed by atoms with van der Waals surface area (Å²) in [6, 6.07) is 6.95. The van der Waals surface area contributed by atoms with Crippen molar-refractivity contribution in [2.24, 2.45) is 0 Å². The number of pyridine rings is 2. The molecule has 0 radical (unpaired) electrons. The molecule has 2 heterocycles. The number of amides is 1. The number of rotatable bonds is 3. The fourth-order valence-electron chi connectivity index (χ4n) is 2.13. The monoisotopic (exact) mass is 392 g/mol. The van der Waals surface area contributed by atoms with E-state index in [2.05, 4.69) is 31.2 Å². The van der Waals surface area contributed by atoms with E-state index >= 15 is 0 Å².